The van der Waals surface area contributed by atoms with E-state index in [2.05, 4.69) is 10.1 Å². The zero-order valence-electron chi connectivity index (χ0n) is 17.9. The fraction of sp³-hybridized carbons (Fsp3) is 0.111. The lowest BCUT2D eigenvalue weighted by Crippen LogP contribution is -1.99. The molecule has 0 fully saturated rings. The number of benzene rings is 3. The maximum Gasteiger partial charge on any atom is 0.166 e. The number of aryl methyl sites for hydroxylation is 2. The Morgan fingerprint density at radius 1 is 0.844 bits per heavy atom. The van der Waals surface area contributed by atoms with Crippen LogP contribution in [0.1, 0.15) is 16.7 Å². The molecule has 0 aliphatic carbocycles. The van der Waals surface area contributed by atoms with E-state index >= 15 is 0 Å². The van der Waals surface area contributed by atoms with Crippen molar-refractivity contribution in [3.8, 4) is 22.6 Å². The van der Waals surface area contributed by atoms with Gasteiger partial charge in [-0.25, -0.2) is 4.39 Å². The Hall–Kier alpha value is -3.99. The predicted molar refractivity (Wildman–Crippen MR) is 124 cm³/mol. The first-order valence-electron chi connectivity index (χ1n) is 10.5. The third kappa shape index (κ3) is 3.97. The number of rotatable bonds is 5. The molecule has 0 radical (unpaired) electrons. The van der Waals surface area contributed by atoms with Gasteiger partial charge < -0.3 is 4.74 Å². The number of halogens is 1. The van der Waals surface area contributed by atoms with Crippen LogP contribution in [0.3, 0.4) is 0 Å². The first-order chi connectivity index (χ1) is 15.6. The topological polar surface area (TPSA) is 39.9 Å². The van der Waals surface area contributed by atoms with Gasteiger partial charge in [0.1, 0.15) is 5.75 Å². The normalized spacial score (nSPS) is 11.1. The lowest BCUT2D eigenvalue weighted by molar-refractivity contribution is 0.446. The van der Waals surface area contributed by atoms with Gasteiger partial charge in [0, 0.05) is 24.0 Å². The van der Waals surface area contributed by atoms with Gasteiger partial charge in [0.25, 0.3) is 0 Å². The Morgan fingerprint density at radius 2 is 1.62 bits per heavy atom. The molecule has 0 aliphatic heterocycles. The molecule has 0 saturated heterocycles. The van der Waals surface area contributed by atoms with Crippen LogP contribution in [0.4, 0.5) is 4.39 Å². The summed E-state index contributed by atoms with van der Waals surface area (Å²) in [7, 11) is 0. The van der Waals surface area contributed by atoms with Gasteiger partial charge in [-0.3, -0.25) is 9.67 Å². The van der Waals surface area contributed by atoms with Gasteiger partial charge in [-0.05, 0) is 78.1 Å². The van der Waals surface area contributed by atoms with E-state index in [-0.39, 0.29) is 5.75 Å². The van der Waals surface area contributed by atoms with E-state index in [0.717, 1.165) is 38.7 Å². The molecule has 0 spiro atoms. The number of pyridine rings is 1. The van der Waals surface area contributed by atoms with Crippen LogP contribution in [-0.4, -0.2) is 14.8 Å². The third-order valence-electron chi connectivity index (χ3n) is 5.66. The molecule has 3 aromatic carbocycles. The van der Waals surface area contributed by atoms with Gasteiger partial charge in [0.05, 0.1) is 12.1 Å². The van der Waals surface area contributed by atoms with Crippen LogP contribution in [0, 0.1) is 19.7 Å². The highest BCUT2D eigenvalue weighted by Crippen LogP contribution is 2.33. The summed E-state index contributed by atoms with van der Waals surface area (Å²) in [6.07, 6.45) is 5.37. The van der Waals surface area contributed by atoms with Crippen molar-refractivity contribution in [1.29, 1.82) is 0 Å². The van der Waals surface area contributed by atoms with E-state index < -0.39 is 5.82 Å². The molecular weight excluding hydrogens is 401 g/mol. The third-order valence-corrected chi connectivity index (χ3v) is 5.66. The highest BCUT2D eigenvalue weighted by Gasteiger charge is 2.11. The molecule has 32 heavy (non-hydrogen) atoms. The predicted octanol–water partition coefficient (Wildman–Crippen LogP) is 6.69. The van der Waals surface area contributed by atoms with Gasteiger partial charge in [-0.15, -0.1) is 0 Å². The molecule has 0 saturated carbocycles. The van der Waals surface area contributed by atoms with E-state index in [1.165, 1.54) is 6.07 Å². The number of hydrogen-bond donors (Lipinski definition) is 0. The molecule has 4 nitrogen and oxygen atoms in total. The van der Waals surface area contributed by atoms with Crippen molar-refractivity contribution in [3.63, 3.8) is 0 Å². The quantitative estimate of drug-likeness (QED) is 0.316. The van der Waals surface area contributed by atoms with Gasteiger partial charge in [-0.1, -0.05) is 30.3 Å². The first kappa shape index (κ1) is 19.9. The lowest BCUT2D eigenvalue weighted by Gasteiger charge is -2.12. The number of nitrogens with zero attached hydrogens (tertiary/aromatic N) is 3. The Kier molecular flexibility index (Phi) is 5.15. The summed E-state index contributed by atoms with van der Waals surface area (Å²) < 4.78 is 22.8. The van der Waals surface area contributed by atoms with Crippen molar-refractivity contribution < 1.29 is 9.13 Å². The van der Waals surface area contributed by atoms with Crippen molar-refractivity contribution >= 4 is 10.9 Å². The summed E-state index contributed by atoms with van der Waals surface area (Å²) in [6, 6.07) is 20.8. The summed E-state index contributed by atoms with van der Waals surface area (Å²) in [5, 5.41) is 5.09. The SMILES string of the molecule is Cc1cc2nccc(Oc3ccc(-c4ccc(Cn5cccn5)cc4)cc3F)c2cc1C. The molecule has 0 aliphatic rings. The molecule has 0 bridgehead atoms. The molecule has 5 heteroatoms. The van der Waals surface area contributed by atoms with Crippen LogP contribution in [0.15, 0.2) is 85.3 Å². The summed E-state index contributed by atoms with van der Waals surface area (Å²) in [4.78, 5) is 4.41. The van der Waals surface area contributed by atoms with Crippen molar-refractivity contribution in [2.24, 2.45) is 0 Å². The zero-order valence-corrected chi connectivity index (χ0v) is 17.9. The largest absolute Gasteiger partial charge is 0.454 e. The molecule has 5 rings (SSSR count). The van der Waals surface area contributed by atoms with E-state index in [9.17, 15) is 4.39 Å². The average Bonchev–Trinajstić information content (AvgIpc) is 3.30. The van der Waals surface area contributed by atoms with Crippen LogP contribution in [-0.2, 0) is 6.54 Å². The Bertz CT molecular complexity index is 1390. The summed E-state index contributed by atoms with van der Waals surface area (Å²) >= 11 is 0. The standard InChI is InChI=1S/C27H22FN3O/c1-18-14-23-25(15-19(18)2)29-12-10-26(23)32-27-9-8-22(16-24(27)28)21-6-4-20(5-7-21)17-31-13-3-11-30-31/h3-16H,17H2,1-2H3. The minimum Gasteiger partial charge on any atom is -0.454 e. The first-order valence-corrected chi connectivity index (χ1v) is 10.5. The van der Waals surface area contributed by atoms with E-state index in [4.69, 9.17) is 4.74 Å². The number of hydrogen-bond acceptors (Lipinski definition) is 3. The van der Waals surface area contributed by atoms with E-state index in [1.54, 1.807) is 24.5 Å². The molecule has 0 N–H and O–H groups in total. The maximum absolute atomic E-state index is 14.9. The Balaban J connectivity index is 1.39. The minimum atomic E-state index is -0.406. The summed E-state index contributed by atoms with van der Waals surface area (Å²) in [5.74, 6) is 0.374. The second-order valence-corrected chi connectivity index (χ2v) is 7.91. The fourth-order valence-electron chi connectivity index (χ4n) is 3.73. The second-order valence-electron chi connectivity index (χ2n) is 7.91. The maximum atomic E-state index is 14.9. The molecule has 0 unspecified atom stereocenters. The summed E-state index contributed by atoms with van der Waals surface area (Å²) in [5.41, 5.74) is 6.01. The molecular formula is C27H22FN3O. The molecule has 158 valence electrons. The van der Waals surface area contributed by atoms with Gasteiger partial charge in [0.2, 0.25) is 0 Å². The van der Waals surface area contributed by atoms with Crippen LogP contribution >= 0.6 is 0 Å². The van der Waals surface area contributed by atoms with Crippen LogP contribution in [0.5, 0.6) is 11.5 Å². The molecule has 2 heterocycles. The van der Waals surface area contributed by atoms with Crippen molar-refractivity contribution in [2.45, 2.75) is 20.4 Å². The number of aromatic nitrogens is 3. The van der Waals surface area contributed by atoms with Gasteiger partial charge >= 0.3 is 0 Å². The smallest absolute Gasteiger partial charge is 0.166 e. The summed E-state index contributed by atoms with van der Waals surface area (Å²) in [6.45, 7) is 4.79. The van der Waals surface area contributed by atoms with Crippen molar-refractivity contribution in [2.75, 3.05) is 0 Å². The molecule has 5 aromatic rings. The van der Waals surface area contributed by atoms with Crippen molar-refractivity contribution in [1.82, 2.24) is 14.8 Å². The highest BCUT2D eigenvalue weighted by molar-refractivity contribution is 5.86. The van der Waals surface area contributed by atoms with Crippen LogP contribution < -0.4 is 4.74 Å². The van der Waals surface area contributed by atoms with Gasteiger partial charge in [-0.2, -0.15) is 5.10 Å². The van der Waals surface area contributed by atoms with Gasteiger partial charge in [0.15, 0.2) is 11.6 Å². The fourth-order valence-corrected chi connectivity index (χ4v) is 3.73. The van der Waals surface area contributed by atoms with E-state index in [0.29, 0.717) is 12.3 Å². The molecule has 0 atom stereocenters. The highest BCUT2D eigenvalue weighted by atomic mass is 19.1. The van der Waals surface area contributed by atoms with Crippen LogP contribution in [0.2, 0.25) is 0 Å². The lowest BCUT2D eigenvalue weighted by atomic mass is 10.0. The average molecular weight is 423 g/mol. The number of fused-ring (bicyclic) bond motifs is 1. The van der Waals surface area contributed by atoms with Crippen LogP contribution in [0.25, 0.3) is 22.0 Å². The Morgan fingerprint density at radius 3 is 2.38 bits per heavy atom. The second kappa shape index (κ2) is 8.27. The monoisotopic (exact) mass is 423 g/mol. The number of ether oxygens (including phenoxy) is 1. The van der Waals surface area contributed by atoms with E-state index in [1.807, 2.05) is 73.3 Å². The molecule has 2 aromatic heterocycles. The minimum absolute atomic E-state index is 0.190. The zero-order chi connectivity index (χ0) is 22.1. The molecule has 0 amide bonds. The van der Waals surface area contributed by atoms with Crippen molar-refractivity contribution in [3.05, 3.63) is 108 Å². The Labute approximate surface area is 185 Å².